The Labute approximate surface area is 83.2 Å². The van der Waals surface area contributed by atoms with Crippen LogP contribution in [0.15, 0.2) is 36.9 Å². The first-order valence-electron chi connectivity index (χ1n) is 4.70. The van der Waals surface area contributed by atoms with Crippen molar-refractivity contribution in [1.82, 2.24) is 0 Å². The highest BCUT2D eigenvalue weighted by Gasteiger charge is 2.26. The number of hydrogen-bond donors (Lipinski definition) is 0. The van der Waals surface area contributed by atoms with Gasteiger partial charge in [-0.05, 0) is 18.6 Å². The maximum absolute atomic E-state index is 11.9. The first-order chi connectivity index (χ1) is 6.83. The van der Waals surface area contributed by atoms with Crippen LogP contribution in [-0.2, 0) is 0 Å². The van der Waals surface area contributed by atoms with Crippen LogP contribution in [0.5, 0.6) is 5.75 Å². The molecule has 0 bridgehead atoms. The maximum Gasteiger partial charge on any atom is 0.173 e. The molecule has 0 radical (unpaired) electrons. The Morgan fingerprint density at radius 3 is 3.07 bits per heavy atom. The molecule has 2 nitrogen and oxygen atoms in total. The number of ketones is 1. The van der Waals surface area contributed by atoms with Crippen LogP contribution in [0.1, 0.15) is 16.8 Å². The van der Waals surface area contributed by atoms with E-state index in [4.69, 9.17) is 4.74 Å². The molecule has 0 spiro atoms. The summed E-state index contributed by atoms with van der Waals surface area (Å²) in [5.74, 6) is 0.826. The smallest absolute Gasteiger partial charge is 0.173 e. The van der Waals surface area contributed by atoms with Gasteiger partial charge in [0.2, 0.25) is 0 Å². The SMILES string of the molecule is C=CC[C@@H]1COc2ccccc2C1=O. The predicted molar refractivity (Wildman–Crippen MR) is 54.6 cm³/mol. The molecule has 1 aliphatic heterocycles. The summed E-state index contributed by atoms with van der Waals surface area (Å²) in [5, 5.41) is 0. The fourth-order valence-electron chi connectivity index (χ4n) is 1.66. The normalized spacial score (nSPS) is 19.7. The summed E-state index contributed by atoms with van der Waals surface area (Å²) in [6, 6.07) is 7.38. The van der Waals surface area contributed by atoms with Crippen LogP contribution in [0.3, 0.4) is 0 Å². The van der Waals surface area contributed by atoms with Gasteiger partial charge in [0.05, 0.1) is 18.1 Å². The van der Waals surface area contributed by atoms with Crippen LogP contribution in [0.4, 0.5) is 0 Å². The van der Waals surface area contributed by atoms with Gasteiger partial charge in [0, 0.05) is 0 Å². The molecule has 0 fully saturated rings. The molecule has 0 saturated heterocycles. The second-order valence-corrected chi connectivity index (χ2v) is 3.39. The van der Waals surface area contributed by atoms with Crippen LogP contribution < -0.4 is 4.74 Å². The topological polar surface area (TPSA) is 26.3 Å². The lowest BCUT2D eigenvalue weighted by Crippen LogP contribution is -2.27. The molecule has 14 heavy (non-hydrogen) atoms. The number of rotatable bonds is 2. The van der Waals surface area contributed by atoms with Crippen molar-refractivity contribution in [2.24, 2.45) is 5.92 Å². The van der Waals surface area contributed by atoms with Gasteiger partial charge in [-0.25, -0.2) is 0 Å². The molecule has 0 aliphatic carbocycles. The van der Waals surface area contributed by atoms with E-state index in [1.54, 1.807) is 6.08 Å². The Morgan fingerprint density at radius 2 is 2.29 bits per heavy atom. The van der Waals surface area contributed by atoms with E-state index in [1.165, 1.54) is 0 Å². The van der Waals surface area contributed by atoms with E-state index >= 15 is 0 Å². The average Bonchev–Trinajstić information content (AvgIpc) is 2.23. The molecule has 2 heteroatoms. The standard InChI is InChI=1S/C12H12O2/c1-2-5-9-8-14-11-7-4-3-6-10(11)12(9)13/h2-4,6-7,9H,1,5,8H2/t9-/m1/s1. The zero-order valence-corrected chi connectivity index (χ0v) is 7.90. The van der Waals surface area contributed by atoms with Crippen LogP contribution in [-0.4, -0.2) is 12.4 Å². The zero-order chi connectivity index (χ0) is 9.97. The molecular weight excluding hydrogens is 176 g/mol. The van der Waals surface area contributed by atoms with Crippen LogP contribution in [0.25, 0.3) is 0 Å². The van der Waals surface area contributed by atoms with E-state index in [9.17, 15) is 4.79 Å². The molecule has 0 aromatic heterocycles. The van der Waals surface area contributed by atoms with Crippen LogP contribution in [0, 0.1) is 5.92 Å². The average molecular weight is 188 g/mol. The molecule has 1 heterocycles. The summed E-state index contributed by atoms with van der Waals surface area (Å²) in [6.45, 7) is 4.11. The summed E-state index contributed by atoms with van der Waals surface area (Å²) in [5.41, 5.74) is 0.700. The highest BCUT2D eigenvalue weighted by Crippen LogP contribution is 2.28. The van der Waals surface area contributed by atoms with E-state index in [-0.39, 0.29) is 11.7 Å². The molecule has 0 unspecified atom stereocenters. The number of carbonyl (C=O) groups is 1. The number of fused-ring (bicyclic) bond motifs is 1. The first kappa shape index (κ1) is 9.00. The third-order valence-electron chi connectivity index (χ3n) is 2.41. The van der Waals surface area contributed by atoms with Gasteiger partial charge in [-0.15, -0.1) is 6.58 Å². The molecule has 1 atom stereocenters. The summed E-state index contributed by atoms with van der Waals surface area (Å²) < 4.78 is 5.49. The Balaban J connectivity index is 2.31. The maximum atomic E-state index is 11.9. The Kier molecular flexibility index (Phi) is 2.35. The van der Waals surface area contributed by atoms with Gasteiger partial charge in [-0.1, -0.05) is 18.2 Å². The third-order valence-corrected chi connectivity index (χ3v) is 2.41. The van der Waals surface area contributed by atoms with Crippen molar-refractivity contribution in [3.05, 3.63) is 42.5 Å². The van der Waals surface area contributed by atoms with Gasteiger partial charge < -0.3 is 4.74 Å². The van der Waals surface area contributed by atoms with Gasteiger partial charge in [0.25, 0.3) is 0 Å². The number of benzene rings is 1. The van der Waals surface area contributed by atoms with Crippen molar-refractivity contribution < 1.29 is 9.53 Å². The molecule has 1 aromatic carbocycles. The number of para-hydroxylation sites is 1. The summed E-state index contributed by atoms with van der Waals surface area (Å²) in [6.07, 6.45) is 2.45. The first-order valence-corrected chi connectivity index (χ1v) is 4.70. The van der Waals surface area contributed by atoms with Gasteiger partial charge in [0.1, 0.15) is 5.75 Å². The highest BCUT2D eigenvalue weighted by molar-refractivity contribution is 6.01. The summed E-state index contributed by atoms with van der Waals surface area (Å²) in [4.78, 5) is 11.9. The zero-order valence-electron chi connectivity index (χ0n) is 7.90. The lowest BCUT2D eigenvalue weighted by Gasteiger charge is -2.22. The van der Waals surface area contributed by atoms with Crippen molar-refractivity contribution in [3.8, 4) is 5.75 Å². The summed E-state index contributed by atoms with van der Waals surface area (Å²) >= 11 is 0. The number of hydrogen-bond acceptors (Lipinski definition) is 2. The number of Topliss-reactive ketones (excluding diaryl/α,β-unsaturated/α-hetero) is 1. The fourth-order valence-corrected chi connectivity index (χ4v) is 1.66. The van der Waals surface area contributed by atoms with E-state index in [1.807, 2.05) is 24.3 Å². The van der Waals surface area contributed by atoms with Crippen LogP contribution in [0.2, 0.25) is 0 Å². The lowest BCUT2D eigenvalue weighted by molar-refractivity contribution is 0.0833. The van der Waals surface area contributed by atoms with E-state index in [0.29, 0.717) is 24.3 Å². The minimum Gasteiger partial charge on any atom is -0.492 e. The second-order valence-electron chi connectivity index (χ2n) is 3.39. The Hall–Kier alpha value is -1.57. The predicted octanol–water partition coefficient (Wildman–Crippen LogP) is 2.45. The Bertz CT molecular complexity index is 368. The monoisotopic (exact) mass is 188 g/mol. The largest absolute Gasteiger partial charge is 0.492 e. The minimum absolute atomic E-state index is 0.0533. The number of ether oxygens (including phenoxy) is 1. The molecule has 0 saturated carbocycles. The lowest BCUT2D eigenvalue weighted by atomic mass is 9.93. The molecular formula is C12H12O2. The Morgan fingerprint density at radius 1 is 1.50 bits per heavy atom. The van der Waals surface area contributed by atoms with Gasteiger partial charge >= 0.3 is 0 Å². The van der Waals surface area contributed by atoms with Crippen molar-refractivity contribution in [3.63, 3.8) is 0 Å². The van der Waals surface area contributed by atoms with Crippen molar-refractivity contribution in [2.45, 2.75) is 6.42 Å². The van der Waals surface area contributed by atoms with Gasteiger partial charge in [-0.3, -0.25) is 4.79 Å². The molecule has 0 N–H and O–H groups in total. The molecule has 1 aromatic rings. The van der Waals surface area contributed by atoms with Crippen LogP contribution >= 0.6 is 0 Å². The van der Waals surface area contributed by atoms with Gasteiger partial charge in [0.15, 0.2) is 5.78 Å². The molecule has 0 amide bonds. The quantitative estimate of drug-likeness (QED) is 0.666. The number of allylic oxidation sites excluding steroid dienone is 1. The van der Waals surface area contributed by atoms with E-state index in [0.717, 1.165) is 0 Å². The van der Waals surface area contributed by atoms with E-state index in [2.05, 4.69) is 6.58 Å². The highest BCUT2D eigenvalue weighted by atomic mass is 16.5. The van der Waals surface area contributed by atoms with Gasteiger partial charge in [-0.2, -0.15) is 0 Å². The van der Waals surface area contributed by atoms with Crippen molar-refractivity contribution >= 4 is 5.78 Å². The fraction of sp³-hybridized carbons (Fsp3) is 0.250. The summed E-state index contributed by atoms with van der Waals surface area (Å²) in [7, 11) is 0. The number of carbonyl (C=O) groups excluding carboxylic acids is 1. The van der Waals surface area contributed by atoms with Crippen molar-refractivity contribution in [1.29, 1.82) is 0 Å². The second kappa shape index (κ2) is 3.66. The van der Waals surface area contributed by atoms with Crippen molar-refractivity contribution in [2.75, 3.05) is 6.61 Å². The minimum atomic E-state index is -0.0533. The third kappa shape index (κ3) is 1.43. The molecule has 72 valence electrons. The molecule has 1 aliphatic rings. The molecule has 2 rings (SSSR count). The van der Waals surface area contributed by atoms with E-state index < -0.39 is 0 Å².